The zero-order valence-corrected chi connectivity index (χ0v) is 13.9. The molecule has 0 bridgehead atoms. The molecule has 0 radical (unpaired) electrons. The first kappa shape index (κ1) is 18.4. The van der Waals surface area contributed by atoms with E-state index in [1.54, 1.807) is 24.3 Å². The summed E-state index contributed by atoms with van der Waals surface area (Å²) in [6.07, 6.45) is 1.98. The van der Waals surface area contributed by atoms with E-state index in [0.29, 0.717) is 30.2 Å². The van der Waals surface area contributed by atoms with Gasteiger partial charge in [0, 0.05) is 13.0 Å². The first-order chi connectivity index (χ1) is 11.9. The van der Waals surface area contributed by atoms with E-state index in [1.165, 1.54) is 6.92 Å². The van der Waals surface area contributed by atoms with Crippen LogP contribution in [0, 0.1) is 0 Å². The van der Waals surface area contributed by atoms with E-state index >= 15 is 0 Å². The van der Waals surface area contributed by atoms with E-state index in [0.717, 1.165) is 4.57 Å². The van der Waals surface area contributed by atoms with Gasteiger partial charge in [-0.2, -0.15) is 0 Å². The van der Waals surface area contributed by atoms with Crippen LogP contribution in [0.5, 0.6) is 0 Å². The SMILES string of the molecule is CC(NC(=O)CCCCCn1c(=O)[nH]c2ccccc2c1=O)C(=O)O. The number of carbonyl (C=O) groups is 2. The number of carboxylic acids is 1. The molecule has 1 unspecified atom stereocenters. The highest BCUT2D eigenvalue weighted by molar-refractivity contribution is 5.83. The molecule has 1 aromatic heterocycles. The molecule has 8 nitrogen and oxygen atoms in total. The molecule has 0 fully saturated rings. The Bertz CT molecular complexity index is 884. The molecular formula is C17H21N3O5. The van der Waals surface area contributed by atoms with Gasteiger partial charge in [0.05, 0.1) is 10.9 Å². The number of nitrogens with one attached hydrogen (secondary N) is 2. The number of H-pyrrole nitrogens is 1. The number of carbonyl (C=O) groups excluding carboxylic acids is 1. The summed E-state index contributed by atoms with van der Waals surface area (Å²) in [4.78, 5) is 49.2. The van der Waals surface area contributed by atoms with Crippen LogP contribution < -0.4 is 16.6 Å². The highest BCUT2D eigenvalue weighted by Crippen LogP contribution is 2.05. The average molecular weight is 347 g/mol. The van der Waals surface area contributed by atoms with Crippen molar-refractivity contribution in [3.05, 3.63) is 45.1 Å². The van der Waals surface area contributed by atoms with E-state index in [1.807, 2.05) is 0 Å². The van der Waals surface area contributed by atoms with Crippen LogP contribution >= 0.6 is 0 Å². The third kappa shape index (κ3) is 4.79. The Morgan fingerprint density at radius 2 is 1.92 bits per heavy atom. The van der Waals surface area contributed by atoms with E-state index < -0.39 is 17.7 Å². The number of hydrogen-bond donors (Lipinski definition) is 3. The number of fused-ring (bicyclic) bond motifs is 1. The zero-order valence-electron chi connectivity index (χ0n) is 13.9. The van der Waals surface area contributed by atoms with Gasteiger partial charge in [-0.25, -0.2) is 4.79 Å². The van der Waals surface area contributed by atoms with Gasteiger partial charge in [0.15, 0.2) is 0 Å². The Morgan fingerprint density at radius 3 is 2.64 bits per heavy atom. The first-order valence-electron chi connectivity index (χ1n) is 8.14. The number of aromatic nitrogens is 2. The normalized spacial score (nSPS) is 12.0. The number of aliphatic carboxylic acids is 1. The number of amides is 1. The van der Waals surface area contributed by atoms with Crippen molar-refractivity contribution in [1.29, 1.82) is 0 Å². The molecule has 1 atom stereocenters. The zero-order chi connectivity index (χ0) is 18.4. The smallest absolute Gasteiger partial charge is 0.328 e. The molecule has 25 heavy (non-hydrogen) atoms. The number of nitrogens with zero attached hydrogens (tertiary/aromatic N) is 1. The average Bonchev–Trinajstić information content (AvgIpc) is 2.57. The molecule has 1 aromatic carbocycles. The van der Waals surface area contributed by atoms with E-state index in [4.69, 9.17) is 5.11 Å². The fourth-order valence-corrected chi connectivity index (χ4v) is 2.51. The summed E-state index contributed by atoms with van der Waals surface area (Å²) >= 11 is 0. The van der Waals surface area contributed by atoms with E-state index in [9.17, 15) is 19.2 Å². The summed E-state index contributed by atoms with van der Waals surface area (Å²) in [7, 11) is 0. The lowest BCUT2D eigenvalue weighted by molar-refractivity contribution is -0.141. The van der Waals surface area contributed by atoms with Crippen LogP contribution in [-0.2, 0) is 16.1 Å². The van der Waals surface area contributed by atoms with Crippen molar-refractivity contribution in [2.45, 2.75) is 45.2 Å². The van der Waals surface area contributed by atoms with Crippen molar-refractivity contribution >= 4 is 22.8 Å². The van der Waals surface area contributed by atoms with Gasteiger partial charge in [-0.05, 0) is 31.9 Å². The van der Waals surface area contributed by atoms with Gasteiger partial charge in [-0.1, -0.05) is 18.6 Å². The molecule has 0 saturated carbocycles. The molecule has 3 N–H and O–H groups in total. The van der Waals surface area contributed by atoms with Gasteiger partial charge < -0.3 is 15.4 Å². The molecule has 2 aromatic rings. The topological polar surface area (TPSA) is 121 Å². The third-order valence-electron chi connectivity index (χ3n) is 3.92. The predicted octanol–water partition coefficient (Wildman–Crippen LogP) is 0.839. The van der Waals surface area contributed by atoms with Crippen molar-refractivity contribution < 1.29 is 14.7 Å². The maximum atomic E-state index is 12.3. The maximum Gasteiger partial charge on any atom is 0.328 e. The lowest BCUT2D eigenvalue weighted by atomic mass is 10.1. The minimum Gasteiger partial charge on any atom is -0.480 e. The second kappa shape index (κ2) is 8.27. The minimum absolute atomic E-state index is 0.209. The van der Waals surface area contributed by atoms with Crippen LogP contribution in [0.2, 0.25) is 0 Å². The van der Waals surface area contributed by atoms with Crippen molar-refractivity contribution in [1.82, 2.24) is 14.9 Å². The minimum atomic E-state index is -1.08. The molecule has 0 aliphatic rings. The van der Waals surface area contributed by atoms with Crippen LogP contribution in [0.25, 0.3) is 10.9 Å². The molecule has 2 rings (SSSR count). The van der Waals surface area contributed by atoms with Gasteiger partial charge >= 0.3 is 11.7 Å². The van der Waals surface area contributed by atoms with E-state index in [-0.39, 0.29) is 24.4 Å². The molecular weight excluding hydrogens is 326 g/mol. The standard InChI is InChI=1S/C17H21N3O5/c1-11(16(23)24)18-14(21)9-3-2-6-10-20-15(22)12-7-4-5-8-13(12)19-17(20)25/h4-5,7-8,11H,2-3,6,9-10H2,1H3,(H,18,21)(H,19,25)(H,23,24). The van der Waals surface area contributed by atoms with Crippen LogP contribution in [-0.4, -0.2) is 32.6 Å². The summed E-state index contributed by atoms with van der Waals surface area (Å²) in [5, 5.41) is 11.6. The largest absolute Gasteiger partial charge is 0.480 e. The summed E-state index contributed by atoms with van der Waals surface area (Å²) in [6.45, 7) is 1.67. The van der Waals surface area contributed by atoms with Gasteiger partial charge in [0.1, 0.15) is 6.04 Å². The summed E-state index contributed by atoms with van der Waals surface area (Å²) in [6, 6.07) is 5.92. The number of para-hydroxylation sites is 1. The Morgan fingerprint density at radius 1 is 1.20 bits per heavy atom. The first-order valence-corrected chi connectivity index (χ1v) is 8.14. The highest BCUT2D eigenvalue weighted by Gasteiger charge is 2.13. The Hall–Kier alpha value is -2.90. The molecule has 0 aliphatic carbocycles. The Balaban J connectivity index is 1.86. The third-order valence-corrected chi connectivity index (χ3v) is 3.92. The molecule has 0 aliphatic heterocycles. The summed E-state index contributed by atoms with van der Waals surface area (Å²) in [5.74, 6) is -1.40. The summed E-state index contributed by atoms with van der Waals surface area (Å²) < 4.78 is 1.16. The highest BCUT2D eigenvalue weighted by atomic mass is 16.4. The monoisotopic (exact) mass is 347 g/mol. The quantitative estimate of drug-likeness (QED) is 0.611. The predicted molar refractivity (Wildman–Crippen MR) is 92.5 cm³/mol. The van der Waals surface area contributed by atoms with Crippen molar-refractivity contribution in [2.24, 2.45) is 0 Å². The summed E-state index contributed by atoms with van der Waals surface area (Å²) in [5.41, 5.74) is -0.262. The van der Waals surface area contributed by atoms with Gasteiger partial charge in [0.25, 0.3) is 5.56 Å². The van der Waals surface area contributed by atoms with Crippen molar-refractivity contribution in [2.75, 3.05) is 0 Å². The molecule has 1 heterocycles. The maximum absolute atomic E-state index is 12.3. The fourth-order valence-electron chi connectivity index (χ4n) is 2.51. The number of unbranched alkanes of at least 4 members (excludes halogenated alkanes) is 2. The number of benzene rings is 1. The molecule has 0 spiro atoms. The van der Waals surface area contributed by atoms with Crippen molar-refractivity contribution in [3.8, 4) is 0 Å². The fraction of sp³-hybridized carbons (Fsp3) is 0.412. The lowest BCUT2D eigenvalue weighted by Crippen LogP contribution is -2.38. The van der Waals surface area contributed by atoms with Gasteiger partial charge in [-0.3, -0.25) is 19.0 Å². The number of aromatic amines is 1. The molecule has 1 amide bonds. The van der Waals surface area contributed by atoms with Crippen LogP contribution in [0.3, 0.4) is 0 Å². The molecule has 8 heteroatoms. The van der Waals surface area contributed by atoms with Gasteiger partial charge in [0.2, 0.25) is 5.91 Å². The molecule has 134 valence electrons. The number of hydrogen-bond acceptors (Lipinski definition) is 4. The number of rotatable bonds is 8. The van der Waals surface area contributed by atoms with Crippen LogP contribution in [0.1, 0.15) is 32.6 Å². The van der Waals surface area contributed by atoms with Gasteiger partial charge in [-0.15, -0.1) is 0 Å². The Kier molecular flexibility index (Phi) is 6.10. The van der Waals surface area contributed by atoms with Crippen LogP contribution in [0.4, 0.5) is 0 Å². The van der Waals surface area contributed by atoms with E-state index in [2.05, 4.69) is 10.3 Å². The second-order valence-corrected chi connectivity index (χ2v) is 5.87. The molecule has 0 saturated heterocycles. The van der Waals surface area contributed by atoms with Crippen molar-refractivity contribution in [3.63, 3.8) is 0 Å². The number of carboxylic acid groups (broad SMARTS) is 1. The Labute approximate surface area is 143 Å². The van der Waals surface area contributed by atoms with Crippen LogP contribution in [0.15, 0.2) is 33.9 Å². The lowest BCUT2D eigenvalue weighted by Gasteiger charge is -2.09. The second-order valence-electron chi connectivity index (χ2n) is 5.87.